The van der Waals surface area contributed by atoms with Crippen molar-refractivity contribution in [2.24, 2.45) is 17.6 Å². The molecule has 0 heterocycles. The van der Waals surface area contributed by atoms with Gasteiger partial charge in [0.05, 0.1) is 11.5 Å². The molecule has 0 aromatic rings. The molecule has 102 valence electrons. The number of rotatable bonds is 6. The van der Waals surface area contributed by atoms with Crippen molar-refractivity contribution in [3.63, 3.8) is 0 Å². The Balaban J connectivity index is 2.40. The van der Waals surface area contributed by atoms with Gasteiger partial charge in [-0.3, -0.25) is 0 Å². The summed E-state index contributed by atoms with van der Waals surface area (Å²) in [6, 6.07) is -0.146. The molecule has 1 aliphatic carbocycles. The highest BCUT2D eigenvalue weighted by atomic mass is 32.2. The maximum absolute atomic E-state index is 11.9. The highest BCUT2D eigenvalue weighted by Gasteiger charge is 2.25. The van der Waals surface area contributed by atoms with Gasteiger partial charge in [0, 0.05) is 6.04 Å². The van der Waals surface area contributed by atoms with Gasteiger partial charge in [-0.2, -0.15) is 0 Å². The van der Waals surface area contributed by atoms with Gasteiger partial charge < -0.3 is 5.73 Å². The Bertz CT molecular complexity index is 305. The minimum absolute atomic E-state index is 0.146. The lowest BCUT2D eigenvalue weighted by Gasteiger charge is -2.27. The van der Waals surface area contributed by atoms with Crippen LogP contribution in [0.15, 0.2) is 0 Å². The lowest BCUT2D eigenvalue weighted by molar-refractivity contribution is 0.317. The Morgan fingerprint density at radius 2 is 1.76 bits per heavy atom. The molecule has 1 unspecified atom stereocenters. The predicted molar refractivity (Wildman–Crippen MR) is 72.7 cm³/mol. The van der Waals surface area contributed by atoms with Crippen LogP contribution in [0.2, 0.25) is 0 Å². The molecule has 1 aliphatic rings. The lowest BCUT2D eigenvalue weighted by atomic mass is 9.85. The van der Waals surface area contributed by atoms with E-state index >= 15 is 0 Å². The predicted octanol–water partition coefficient (Wildman–Crippen LogP) is 2.35. The molecule has 1 rings (SSSR count). The number of sulfone groups is 1. The quantitative estimate of drug-likeness (QED) is 0.798. The first kappa shape index (κ1) is 15.0. The summed E-state index contributed by atoms with van der Waals surface area (Å²) >= 11 is 0. The zero-order valence-corrected chi connectivity index (χ0v) is 12.0. The van der Waals surface area contributed by atoms with E-state index in [1.54, 1.807) is 0 Å². The van der Waals surface area contributed by atoms with Crippen LogP contribution in [0.25, 0.3) is 0 Å². The molecule has 0 saturated heterocycles. The zero-order valence-electron chi connectivity index (χ0n) is 11.2. The monoisotopic (exact) mass is 261 g/mol. The normalized spacial score (nSPS) is 20.7. The molecule has 2 N–H and O–H groups in total. The van der Waals surface area contributed by atoms with Crippen molar-refractivity contribution in [2.75, 3.05) is 11.5 Å². The molecule has 1 fully saturated rings. The second-order valence-corrected chi connectivity index (χ2v) is 8.09. The molecule has 0 amide bonds. The summed E-state index contributed by atoms with van der Waals surface area (Å²) in [5.74, 6) is 1.35. The molecule has 4 heteroatoms. The maximum atomic E-state index is 11.9. The molecule has 1 saturated carbocycles. The third-order valence-corrected chi connectivity index (χ3v) is 5.46. The van der Waals surface area contributed by atoms with E-state index < -0.39 is 9.84 Å². The summed E-state index contributed by atoms with van der Waals surface area (Å²) in [4.78, 5) is 0. The Morgan fingerprint density at radius 3 is 2.29 bits per heavy atom. The molecule has 0 aromatic heterocycles. The second-order valence-electron chi connectivity index (χ2n) is 5.86. The Morgan fingerprint density at radius 1 is 1.18 bits per heavy atom. The van der Waals surface area contributed by atoms with Gasteiger partial charge in [-0.1, -0.05) is 33.1 Å². The molecule has 0 radical (unpaired) electrons. The van der Waals surface area contributed by atoms with Crippen LogP contribution in [0.4, 0.5) is 0 Å². The van der Waals surface area contributed by atoms with Crippen molar-refractivity contribution >= 4 is 9.84 Å². The van der Waals surface area contributed by atoms with Gasteiger partial charge in [0.1, 0.15) is 0 Å². The fourth-order valence-electron chi connectivity index (χ4n) is 2.49. The largest absolute Gasteiger partial charge is 0.327 e. The van der Waals surface area contributed by atoms with Crippen LogP contribution in [-0.4, -0.2) is 26.0 Å². The van der Waals surface area contributed by atoms with Crippen molar-refractivity contribution < 1.29 is 8.42 Å². The molecule has 0 aliphatic heterocycles. The van der Waals surface area contributed by atoms with Gasteiger partial charge in [-0.05, 0) is 31.1 Å². The lowest BCUT2D eigenvalue weighted by Crippen LogP contribution is -2.38. The third kappa shape index (κ3) is 5.87. The van der Waals surface area contributed by atoms with Crippen LogP contribution in [0.5, 0.6) is 0 Å². The Kier molecular flexibility index (Phi) is 5.93. The molecule has 17 heavy (non-hydrogen) atoms. The van der Waals surface area contributed by atoms with Gasteiger partial charge in [-0.25, -0.2) is 8.42 Å². The van der Waals surface area contributed by atoms with Crippen molar-refractivity contribution in [3.8, 4) is 0 Å². The summed E-state index contributed by atoms with van der Waals surface area (Å²) in [7, 11) is -2.95. The number of hydrogen-bond donors (Lipinski definition) is 1. The van der Waals surface area contributed by atoms with E-state index in [4.69, 9.17) is 5.73 Å². The van der Waals surface area contributed by atoms with E-state index in [1.165, 1.54) is 19.3 Å². The van der Waals surface area contributed by atoms with Crippen molar-refractivity contribution in [1.29, 1.82) is 0 Å². The van der Waals surface area contributed by atoms with Gasteiger partial charge in [0.15, 0.2) is 9.84 Å². The van der Waals surface area contributed by atoms with Crippen molar-refractivity contribution in [2.45, 2.75) is 58.4 Å². The fraction of sp³-hybridized carbons (Fsp3) is 1.00. The smallest absolute Gasteiger partial charge is 0.151 e. The fourth-order valence-corrected chi connectivity index (χ4v) is 4.35. The summed E-state index contributed by atoms with van der Waals surface area (Å²) in [5.41, 5.74) is 6.06. The summed E-state index contributed by atoms with van der Waals surface area (Å²) in [5, 5.41) is 0. The van der Waals surface area contributed by atoms with Crippen molar-refractivity contribution in [3.05, 3.63) is 0 Å². The van der Waals surface area contributed by atoms with Crippen LogP contribution >= 0.6 is 0 Å². The van der Waals surface area contributed by atoms with E-state index in [0.717, 1.165) is 19.3 Å². The first-order valence-corrected chi connectivity index (χ1v) is 8.69. The highest BCUT2D eigenvalue weighted by Crippen LogP contribution is 2.26. The third-order valence-electron chi connectivity index (χ3n) is 3.71. The van der Waals surface area contributed by atoms with E-state index in [9.17, 15) is 8.42 Å². The van der Waals surface area contributed by atoms with E-state index in [1.807, 2.05) is 0 Å². The standard InChI is InChI=1S/C13H27NO2S/c1-11(2)8-9-17(15,16)10-13(14)12-6-4-3-5-7-12/h11-13H,3-10,14H2,1-2H3. The average molecular weight is 261 g/mol. The van der Waals surface area contributed by atoms with E-state index in [0.29, 0.717) is 17.6 Å². The maximum Gasteiger partial charge on any atom is 0.151 e. The first-order chi connectivity index (χ1) is 7.91. The zero-order chi connectivity index (χ0) is 12.9. The number of nitrogens with two attached hydrogens (primary N) is 1. The average Bonchev–Trinajstić information content (AvgIpc) is 2.27. The summed E-state index contributed by atoms with van der Waals surface area (Å²) in [6.07, 6.45) is 6.68. The van der Waals surface area contributed by atoms with Crippen LogP contribution in [0.3, 0.4) is 0 Å². The summed E-state index contributed by atoms with van der Waals surface area (Å²) in [6.45, 7) is 4.10. The molecule has 0 bridgehead atoms. The van der Waals surface area contributed by atoms with Crippen LogP contribution in [0.1, 0.15) is 52.4 Å². The molecular weight excluding hydrogens is 234 g/mol. The van der Waals surface area contributed by atoms with E-state index in [-0.39, 0.29) is 11.8 Å². The van der Waals surface area contributed by atoms with Gasteiger partial charge in [0.25, 0.3) is 0 Å². The SMILES string of the molecule is CC(C)CCS(=O)(=O)CC(N)C1CCCCC1. The minimum Gasteiger partial charge on any atom is -0.327 e. The summed E-state index contributed by atoms with van der Waals surface area (Å²) < 4.78 is 23.8. The molecule has 3 nitrogen and oxygen atoms in total. The Hall–Kier alpha value is -0.0900. The molecule has 0 spiro atoms. The van der Waals surface area contributed by atoms with Crippen LogP contribution < -0.4 is 5.73 Å². The topological polar surface area (TPSA) is 60.2 Å². The van der Waals surface area contributed by atoms with Gasteiger partial charge in [-0.15, -0.1) is 0 Å². The van der Waals surface area contributed by atoms with Gasteiger partial charge >= 0.3 is 0 Å². The van der Waals surface area contributed by atoms with Gasteiger partial charge in [0.2, 0.25) is 0 Å². The van der Waals surface area contributed by atoms with Crippen LogP contribution in [-0.2, 0) is 9.84 Å². The highest BCUT2D eigenvalue weighted by molar-refractivity contribution is 7.91. The van der Waals surface area contributed by atoms with Crippen LogP contribution in [0, 0.1) is 11.8 Å². The first-order valence-electron chi connectivity index (χ1n) is 6.87. The van der Waals surface area contributed by atoms with E-state index in [2.05, 4.69) is 13.8 Å². The second kappa shape index (κ2) is 6.74. The minimum atomic E-state index is -2.95. The molecule has 1 atom stereocenters. The molecule has 0 aromatic carbocycles. The van der Waals surface area contributed by atoms with Crippen molar-refractivity contribution in [1.82, 2.24) is 0 Å². The molecular formula is C13H27NO2S. The Labute approximate surface area is 106 Å². The number of hydrogen-bond acceptors (Lipinski definition) is 3.